The first-order valence-electron chi connectivity index (χ1n) is 5.44. The van der Waals surface area contributed by atoms with E-state index in [0.29, 0.717) is 5.69 Å². The molecule has 5 heteroatoms. The van der Waals surface area contributed by atoms with Gasteiger partial charge in [0, 0.05) is 31.9 Å². The number of amides is 1. The van der Waals surface area contributed by atoms with Gasteiger partial charge in [-0.2, -0.15) is 0 Å². The molecule has 0 spiro atoms. The Balaban J connectivity index is 2.11. The van der Waals surface area contributed by atoms with Crippen LogP contribution in [0.5, 0.6) is 0 Å². The maximum atomic E-state index is 12.1. The number of aromatic nitrogens is 2. The average Bonchev–Trinajstić information content (AvgIpc) is 2.29. The largest absolute Gasteiger partial charge is 0.332 e. The summed E-state index contributed by atoms with van der Waals surface area (Å²) in [4.78, 5) is 24.0. The summed E-state index contributed by atoms with van der Waals surface area (Å²) in [5, 5.41) is 0. The highest BCUT2D eigenvalue weighted by Crippen LogP contribution is 2.11. The average molecular weight is 220 g/mol. The van der Waals surface area contributed by atoms with E-state index in [1.807, 2.05) is 4.90 Å². The molecule has 0 N–H and O–H groups in total. The van der Waals surface area contributed by atoms with Crippen LogP contribution in [-0.4, -0.2) is 58.4 Å². The highest BCUT2D eigenvalue weighted by Gasteiger charge is 2.26. The van der Waals surface area contributed by atoms with E-state index in [1.54, 1.807) is 12.3 Å². The van der Waals surface area contributed by atoms with E-state index in [1.165, 1.54) is 6.33 Å². The summed E-state index contributed by atoms with van der Waals surface area (Å²) in [6, 6.07) is 1.90. The van der Waals surface area contributed by atoms with Crippen LogP contribution in [0.4, 0.5) is 0 Å². The Morgan fingerprint density at radius 1 is 1.50 bits per heavy atom. The van der Waals surface area contributed by atoms with E-state index >= 15 is 0 Å². The van der Waals surface area contributed by atoms with E-state index in [4.69, 9.17) is 0 Å². The number of hydrogen-bond acceptors (Lipinski definition) is 4. The highest BCUT2D eigenvalue weighted by molar-refractivity contribution is 5.92. The lowest BCUT2D eigenvalue weighted by Crippen LogP contribution is -2.52. The summed E-state index contributed by atoms with van der Waals surface area (Å²) in [5.41, 5.74) is 0.478. The summed E-state index contributed by atoms with van der Waals surface area (Å²) >= 11 is 0. The maximum Gasteiger partial charge on any atom is 0.272 e. The Bertz CT molecular complexity index is 368. The number of likely N-dealkylation sites (N-methyl/N-ethyl adjacent to an activating group) is 1. The maximum absolute atomic E-state index is 12.1. The van der Waals surface area contributed by atoms with Gasteiger partial charge in [-0.3, -0.25) is 4.79 Å². The molecule has 1 atom stereocenters. The topological polar surface area (TPSA) is 49.3 Å². The molecule has 0 aromatic carbocycles. The second-order valence-electron chi connectivity index (χ2n) is 4.20. The van der Waals surface area contributed by atoms with Crippen LogP contribution in [0.25, 0.3) is 0 Å². The van der Waals surface area contributed by atoms with Crippen molar-refractivity contribution in [1.82, 2.24) is 19.8 Å². The molecule has 0 bridgehead atoms. The fourth-order valence-electron chi connectivity index (χ4n) is 2.01. The van der Waals surface area contributed by atoms with Gasteiger partial charge in [-0.05, 0) is 20.0 Å². The Hall–Kier alpha value is -1.49. The number of piperazine rings is 1. The zero-order valence-corrected chi connectivity index (χ0v) is 9.63. The smallest absolute Gasteiger partial charge is 0.272 e. The lowest BCUT2D eigenvalue weighted by atomic mass is 10.2. The molecule has 86 valence electrons. The molecule has 5 nitrogen and oxygen atoms in total. The fourth-order valence-corrected chi connectivity index (χ4v) is 2.01. The molecule has 2 heterocycles. The van der Waals surface area contributed by atoms with Crippen molar-refractivity contribution in [3.8, 4) is 0 Å². The summed E-state index contributed by atoms with van der Waals surface area (Å²) in [6.07, 6.45) is 3.01. The van der Waals surface area contributed by atoms with Crippen LogP contribution < -0.4 is 0 Å². The summed E-state index contributed by atoms with van der Waals surface area (Å²) < 4.78 is 0. The van der Waals surface area contributed by atoms with Crippen LogP contribution in [0.3, 0.4) is 0 Å². The van der Waals surface area contributed by atoms with Gasteiger partial charge in [-0.25, -0.2) is 9.97 Å². The minimum atomic E-state index is 0.00278. The van der Waals surface area contributed by atoms with Gasteiger partial charge in [0.05, 0.1) is 0 Å². The molecular weight excluding hydrogens is 204 g/mol. The number of rotatable bonds is 1. The van der Waals surface area contributed by atoms with Crippen molar-refractivity contribution in [3.63, 3.8) is 0 Å². The SMILES string of the molecule is C[C@H]1CN(C)CCN1C(=O)c1ccncn1. The third-order valence-electron chi connectivity index (χ3n) is 2.89. The van der Waals surface area contributed by atoms with Crippen LogP contribution in [0.15, 0.2) is 18.6 Å². The molecule has 1 aliphatic heterocycles. The number of nitrogens with zero attached hydrogens (tertiary/aromatic N) is 4. The molecule has 1 aromatic rings. The van der Waals surface area contributed by atoms with Gasteiger partial charge < -0.3 is 9.80 Å². The molecular formula is C11H16N4O. The second kappa shape index (κ2) is 4.57. The van der Waals surface area contributed by atoms with E-state index in [-0.39, 0.29) is 11.9 Å². The van der Waals surface area contributed by atoms with Crippen molar-refractivity contribution in [2.24, 2.45) is 0 Å². The lowest BCUT2D eigenvalue weighted by molar-refractivity contribution is 0.0527. The Morgan fingerprint density at radius 2 is 2.31 bits per heavy atom. The van der Waals surface area contributed by atoms with Gasteiger partial charge in [0.2, 0.25) is 0 Å². The van der Waals surface area contributed by atoms with Gasteiger partial charge in [0.1, 0.15) is 12.0 Å². The van der Waals surface area contributed by atoms with Crippen LogP contribution >= 0.6 is 0 Å². The molecule has 16 heavy (non-hydrogen) atoms. The Labute approximate surface area is 95.1 Å². The molecule has 0 radical (unpaired) electrons. The quantitative estimate of drug-likeness (QED) is 0.681. The first-order chi connectivity index (χ1) is 7.68. The van der Waals surface area contributed by atoms with Crippen LogP contribution in [0.2, 0.25) is 0 Å². The van der Waals surface area contributed by atoms with Gasteiger partial charge in [-0.15, -0.1) is 0 Å². The molecule has 1 aromatic heterocycles. The number of hydrogen-bond donors (Lipinski definition) is 0. The fraction of sp³-hybridized carbons (Fsp3) is 0.545. The molecule has 1 fully saturated rings. The molecule has 1 aliphatic rings. The van der Waals surface area contributed by atoms with E-state index in [9.17, 15) is 4.79 Å². The summed E-state index contributed by atoms with van der Waals surface area (Å²) in [5.74, 6) is 0.00278. The van der Waals surface area contributed by atoms with E-state index in [0.717, 1.165) is 19.6 Å². The molecule has 2 rings (SSSR count). The van der Waals surface area contributed by atoms with Crippen molar-refractivity contribution in [3.05, 3.63) is 24.3 Å². The first-order valence-corrected chi connectivity index (χ1v) is 5.44. The molecule has 1 saturated heterocycles. The normalized spacial score (nSPS) is 22.1. The Morgan fingerprint density at radius 3 is 2.94 bits per heavy atom. The van der Waals surface area contributed by atoms with Crippen molar-refractivity contribution < 1.29 is 4.79 Å². The van der Waals surface area contributed by atoms with E-state index in [2.05, 4.69) is 28.8 Å². The molecule has 0 saturated carbocycles. The standard InChI is InChI=1S/C11H16N4O/c1-9-7-14(2)5-6-15(9)11(16)10-3-4-12-8-13-10/h3-4,8-9H,5-7H2,1-2H3/t9-/m0/s1. The van der Waals surface area contributed by atoms with Crippen LogP contribution in [0.1, 0.15) is 17.4 Å². The highest BCUT2D eigenvalue weighted by atomic mass is 16.2. The number of carbonyl (C=O) groups excluding carboxylic acids is 1. The third kappa shape index (κ3) is 2.19. The van der Waals surface area contributed by atoms with Crippen molar-refractivity contribution in [2.45, 2.75) is 13.0 Å². The first kappa shape index (κ1) is 11.0. The minimum Gasteiger partial charge on any atom is -0.332 e. The summed E-state index contributed by atoms with van der Waals surface area (Å²) in [7, 11) is 2.07. The zero-order chi connectivity index (χ0) is 11.5. The number of carbonyl (C=O) groups is 1. The van der Waals surface area contributed by atoms with E-state index < -0.39 is 0 Å². The van der Waals surface area contributed by atoms with Gasteiger partial charge >= 0.3 is 0 Å². The van der Waals surface area contributed by atoms with Crippen molar-refractivity contribution in [2.75, 3.05) is 26.7 Å². The van der Waals surface area contributed by atoms with Crippen LogP contribution in [-0.2, 0) is 0 Å². The third-order valence-corrected chi connectivity index (χ3v) is 2.89. The van der Waals surface area contributed by atoms with Gasteiger partial charge in [0.25, 0.3) is 5.91 Å². The van der Waals surface area contributed by atoms with Crippen LogP contribution in [0, 0.1) is 0 Å². The van der Waals surface area contributed by atoms with Gasteiger partial charge in [0.15, 0.2) is 0 Å². The predicted octanol–water partition coefficient (Wildman–Crippen LogP) is 0.253. The minimum absolute atomic E-state index is 0.00278. The molecule has 0 aliphatic carbocycles. The summed E-state index contributed by atoms with van der Waals surface area (Å²) in [6.45, 7) is 4.66. The van der Waals surface area contributed by atoms with Crippen molar-refractivity contribution in [1.29, 1.82) is 0 Å². The van der Waals surface area contributed by atoms with Gasteiger partial charge in [-0.1, -0.05) is 0 Å². The molecule has 1 amide bonds. The zero-order valence-electron chi connectivity index (χ0n) is 9.63. The monoisotopic (exact) mass is 220 g/mol. The second-order valence-corrected chi connectivity index (χ2v) is 4.20. The Kier molecular flexibility index (Phi) is 3.14. The van der Waals surface area contributed by atoms with Crippen molar-refractivity contribution >= 4 is 5.91 Å². The lowest BCUT2D eigenvalue weighted by Gasteiger charge is -2.37. The molecule has 0 unspecified atom stereocenters. The predicted molar refractivity (Wildman–Crippen MR) is 60.0 cm³/mol.